The Morgan fingerprint density at radius 2 is 2.04 bits per heavy atom. The van der Waals surface area contributed by atoms with Crippen molar-refractivity contribution in [1.82, 2.24) is 25.5 Å². The number of hydrogen-bond donors (Lipinski definition) is 3. The number of hydrogen-bond acceptors (Lipinski definition) is 4. The molecule has 0 bridgehead atoms. The number of H-pyrrole nitrogens is 2. The summed E-state index contributed by atoms with van der Waals surface area (Å²) < 4.78 is 5.18. The molecule has 7 nitrogen and oxygen atoms in total. The van der Waals surface area contributed by atoms with Crippen LogP contribution in [0.3, 0.4) is 0 Å². The molecule has 2 aromatic carbocycles. The van der Waals surface area contributed by atoms with E-state index in [9.17, 15) is 4.79 Å². The van der Waals surface area contributed by atoms with E-state index in [1.54, 1.807) is 25.4 Å². The molecule has 0 atom stereocenters. The van der Waals surface area contributed by atoms with Crippen molar-refractivity contribution < 1.29 is 9.53 Å². The smallest absolute Gasteiger partial charge is 0.227 e. The van der Waals surface area contributed by atoms with E-state index in [1.807, 2.05) is 30.3 Å². The van der Waals surface area contributed by atoms with Gasteiger partial charge in [0.25, 0.3) is 0 Å². The fraction of sp³-hybridized carbons (Fsp3) is 0.150. The summed E-state index contributed by atoms with van der Waals surface area (Å²) in [4.78, 5) is 19.9. The minimum atomic E-state index is -0.132. The van der Waals surface area contributed by atoms with Crippen LogP contribution >= 0.6 is 11.6 Å². The lowest BCUT2D eigenvalue weighted by molar-refractivity contribution is -0.120. The van der Waals surface area contributed by atoms with E-state index in [1.165, 1.54) is 0 Å². The Kier molecular flexibility index (Phi) is 4.99. The molecule has 0 radical (unpaired) electrons. The quantitative estimate of drug-likeness (QED) is 0.465. The van der Waals surface area contributed by atoms with Crippen LogP contribution in [0.5, 0.6) is 5.75 Å². The van der Waals surface area contributed by atoms with Gasteiger partial charge in [-0.2, -0.15) is 5.10 Å². The van der Waals surface area contributed by atoms with Crippen LogP contribution in [0.25, 0.3) is 22.3 Å². The molecule has 0 saturated carbocycles. The Labute approximate surface area is 166 Å². The number of ether oxygens (including phenoxy) is 1. The first-order valence-electron chi connectivity index (χ1n) is 8.70. The van der Waals surface area contributed by atoms with E-state index in [-0.39, 0.29) is 12.3 Å². The second kappa shape index (κ2) is 7.74. The second-order valence-corrected chi connectivity index (χ2v) is 6.73. The minimum Gasteiger partial charge on any atom is -0.497 e. The third-order valence-corrected chi connectivity index (χ3v) is 4.63. The van der Waals surface area contributed by atoms with Gasteiger partial charge in [0.15, 0.2) is 0 Å². The van der Waals surface area contributed by atoms with Crippen molar-refractivity contribution in [3.63, 3.8) is 0 Å². The van der Waals surface area contributed by atoms with Crippen molar-refractivity contribution in [2.75, 3.05) is 7.11 Å². The first kappa shape index (κ1) is 18.1. The summed E-state index contributed by atoms with van der Waals surface area (Å²) in [5, 5.41) is 10.6. The van der Waals surface area contributed by atoms with Gasteiger partial charge >= 0.3 is 0 Å². The number of benzene rings is 2. The zero-order valence-corrected chi connectivity index (χ0v) is 15.9. The van der Waals surface area contributed by atoms with Gasteiger partial charge in [-0.05, 0) is 42.5 Å². The summed E-state index contributed by atoms with van der Waals surface area (Å²) in [6.45, 7) is 0.364. The van der Waals surface area contributed by atoms with Gasteiger partial charge in [0.05, 0.1) is 36.5 Å². The number of aromatic amines is 2. The number of rotatable bonds is 6. The molecule has 0 unspecified atom stereocenters. The summed E-state index contributed by atoms with van der Waals surface area (Å²) in [5.74, 6) is 1.25. The van der Waals surface area contributed by atoms with Crippen LogP contribution in [-0.4, -0.2) is 33.2 Å². The molecule has 1 amide bonds. The molecule has 2 aromatic heterocycles. The minimum absolute atomic E-state index is 0.132. The van der Waals surface area contributed by atoms with Gasteiger partial charge in [-0.3, -0.25) is 9.89 Å². The fourth-order valence-corrected chi connectivity index (χ4v) is 3.15. The maximum absolute atomic E-state index is 12.3. The summed E-state index contributed by atoms with van der Waals surface area (Å²) >= 11 is 5.98. The molecule has 3 N–H and O–H groups in total. The van der Waals surface area contributed by atoms with Gasteiger partial charge in [0, 0.05) is 22.7 Å². The highest BCUT2D eigenvalue weighted by Gasteiger charge is 2.12. The lowest BCUT2D eigenvalue weighted by atomic mass is 10.1. The largest absolute Gasteiger partial charge is 0.497 e. The van der Waals surface area contributed by atoms with E-state index in [2.05, 4.69) is 25.5 Å². The zero-order chi connectivity index (χ0) is 19.5. The lowest BCUT2D eigenvalue weighted by Crippen LogP contribution is -2.25. The van der Waals surface area contributed by atoms with Crippen molar-refractivity contribution in [2.45, 2.75) is 13.0 Å². The Bertz CT molecular complexity index is 1120. The Morgan fingerprint density at radius 3 is 2.82 bits per heavy atom. The molecular weight excluding hydrogens is 378 g/mol. The van der Waals surface area contributed by atoms with E-state index in [0.29, 0.717) is 17.4 Å². The molecular formula is C20H18ClN5O2. The molecule has 0 spiro atoms. The molecule has 142 valence electrons. The Balaban J connectivity index is 1.41. The van der Waals surface area contributed by atoms with Crippen molar-refractivity contribution >= 4 is 28.5 Å². The molecule has 0 fully saturated rings. The van der Waals surface area contributed by atoms with Crippen molar-refractivity contribution in [3.05, 3.63) is 65.1 Å². The number of carbonyl (C=O) groups excluding carboxylic acids is 1. The molecule has 28 heavy (non-hydrogen) atoms. The normalized spacial score (nSPS) is 10.9. The van der Waals surface area contributed by atoms with Gasteiger partial charge in [-0.15, -0.1) is 0 Å². The van der Waals surface area contributed by atoms with Crippen LogP contribution in [0.1, 0.15) is 11.4 Å². The van der Waals surface area contributed by atoms with Gasteiger partial charge in [-0.1, -0.05) is 11.6 Å². The third kappa shape index (κ3) is 3.84. The number of imidazole rings is 1. The fourth-order valence-electron chi connectivity index (χ4n) is 2.98. The SMILES string of the molecule is COc1ccc(-c2[nH]ncc2CNC(=O)Cc2nc3ccc(Cl)cc3[nH]2)cc1. The van der Waals surface area contributed by atoms with Crippen molar-refractivity contribution in [3.8, 4) is 17.0 Å². The number of aromatic nitrogens is 4. The molecule has 2 heterocycles. The van der Waals surface area contributed by atoms with E-state index in [4.69, 9.17) is 16.3 Å². The van der Waals surface area contributed by atoms with Crippen molar-refractivity contribution in [2.24, 2.45) is 0 Å². The maximum atomic E-state index is 12.3. The monoisotopic (exact) mass is 395 g/mol. The zero-order valence-electron chi connectivity index (χ0n) is 15.1. The van der Waals surface area contributed by atoms with Gasteiger partial charge in [0.1, 0.15) is 11.6 Å². The highest BCUT2D eigenvalue weighted by atomic mass is 35.5. The molecule has 0 saturated heterocycles. The van der Waals surface area contributed by atoms with E-state index >= 15 is 0 Å². The van der Waals surface area contributed by atoms with Gasteiger partial charge in [-0.25, -0.2) is 4.98 Å². The molecule has 0 aliphatic carbocycles. The van der Waals surface area contributed by atoms with E-state index in [0.717, 1.165) is 33.6 Å². The number of halogens is 1. The van der Waals surface area contributed by atoms with Gasteiger partial charge < -0.3 is 15.0 Å². The highest BCUT2D eigenvalue weighted by molar-refractivity contribution is 6.31. The van der Waals surface area contributed by atoms with Crippen LogP contribution in [-0.2, 0) is 17.8 Å². The first-order valence-corrected chi connectivity index (χ1v) is 9.07. The van der Waals surface area contributed by atoms with Crippen molar-refractivity contribution in [1.29, 1.82) is 0 Å². The molecule has 0 aliphatic rings. The Morgan fingerprint density at radius 1 is 1.21 bits per heavy atom. The van der Waals surface area contributed by atoms with Crippen LogP contribution in [0.2, 0.25) is 5.02 Å². The number of amides is 1. The number of methoxy groups -OCH3 is 1. The number of nitrogens with zero attached hydrogens (tertiary/aromatic N) is 2. The summed E-state index contributed by atoms with van der Waals surface area (Å²) in [5.41, 5.74) is 4.32. The number of carbonyl (C=O) groups is 1. The van der Waals surface area contributed by atoms with Crippen LogP contribution in [0.15, 0.2) is 48.7 Å². The lowest BCUT2D eigenvalue weighted by Gasteiger charge is -2.06. The third-order valence-electron chi connectivity index (χ3n) is 4.39. The number of nitrogens with one attached hydrogen (secondary N) is 3. The summed E-state index contributed by atoms with van der Waals surface area (Å²) in [6, 6.07) is 13.0. The second-order valence-electron chi connectivity index (χ2n) is 6.30. The average Bonchev–Trinajstić information content (AvgIpc) is 3.32. The number of fused-ring (bicyclic) bond motifs is 1. The van der Waals surface area contributed by atoms with Gasteiger partial charge in [0.2, 0.25) is 5.91 Å². The van der Waals surface area contributed by atoms with Crippen LogP contribution < -0.4 is 10.1 Å². The molecule has 0 aliphatic heterocycles. The summed E-state index contributed by atoms with van der Waals surface area (Å²) in [7, 11) is 1.63. The molecule has 4 aromatic rings. The Hall–Kier alpha value is -3.32. The highest BCUT2D eigenvalue weighted by Crippen LogP contribution is 2.23. The molecule has 8 heteroatoms. The predicted molar refractivity (Wildman–Crippen MR) is 107 cm³/mol. The van der Waals surface area contributed by atoms with E-state index < -0.39 is 0 Å². The predicted octanol–water partition coefficient (Wildman–Crippen LogP) is 3.47. The van der Waals surface area contributed by atoms with Crippen LogP contribution in [0.4, 0.5) is 0 Å². The maximum Gasteiger partial charge on any atom is 0.227 e. The summed E-state index contributed by atoms with van der Waals surface area (Å²) in [6.07, 6.45) is 1.87. The topological polar surface area (TPSA) is 95.7 Å². The molecule has 4 rings (SSSR count). The average molecular weight is 396 g/mol. The first-order chi connectivity index (χ1) is 13.6. The standard InChI is InChI=1S/C20H18ClN5O2/c1-28-15-5-2-12(3-6-15)20-13(11-23-26-20)10-22-19(27)9-18-24-16-7-4-14(21)8-17(16)25-18/h2-8,11H,9-10H2,1H3,(H,22,27)(H,23,26)(H,24,25). The van der Waals surface area contributed by atoms with Crippen LogP contribution in [0, 0.1) is 0 Å².